The Balaban J connectivity index is 2.97. The van der Waals surface area contributed by atoms with Crippen molar-refractivity contribution in [1.82, 2.24) is 0 Å². The quantitative estimate of drug-likeness (QED) is 0.806. The number of anilines is 1. The maximum Gasteiger partial charge on any atom is 0.224 e. The molecule has 1 aromatic carbocycles. The van der Waals surface area contributed by atoms with Crippen molar-refractivity contribution < 1.29 is 8.42 Å². The molecule has 0 bridgehead atoms. The molecule has 12 heavy (non-hydrogen) atoms. The molecular weight excluding hydrogens is 242 g/mol. The third kappa shape index (κ3) is 2.22. The highest BCUT2D eigenvalue weighted by molar-refractivity contribution is 9.10. The van der Waals surface area contributed by atoms with E-state index >= 15 is 0 Å². The van der Waals surface area contributed by atoms with Crippen molar-refractivity contribution in [2.45, 2.75) is 0 Å². The Morgan fingerprint density at radius 3 is 2.17 bits per heavy atom. The molecule has 0 atom stereocenters. The minimum Gasteiger partial charge on any atom is -0.275 e. The van der Waals surface area contributed by atoms with Crippen molar-refractivity contribution in [3.8, 4) is 0 Å². The molecule has 0 spiro atoms. The summed E-state index contributed by atoms with van der Waals surface area (Å²) >= 11 is 3.26. The zero-order chi connectivity index (χ0) is 9.14. The number of halogens is 1. The zero-order valence-corrected chi connectivity index (χ0v) is 8.88. The van der Waals surface area contributed by atoms with Gasteiger partial charge in [-0.1, -0.05) is 15.9 Å². The summed E-state index contributed by atoms with van der Waals surface area (Å²) in [5.41, 5.74) is 0.661. The van der Waals surface area contributed by atoms with Gasteiger partial charge in [0.1, 0.15) is 0 Å². The minimum absolute atomic E-state index is 0.661. The maximum absolute atomic E-state index is 10.5. The molecule has 1 aromatic rings. The van der Waals surface area contributed by atoms with Gasteiger partial charge in [-0.2, -0.15) is 0 Å². The number of hydrogen-bond donors (Lipinski definition) is 1. The average molecular weight is 250 g/mol. The van der Waals surface area contributed by atoms with E-state index in [9.17, 15) is 8.42 Å². The van der Waals surface area contributed by atoms with E-state index in [1.165, 1.54) is 11.4 Å². The number of benzene rings is 1. The first-order valence-corrected chi connectivity index (χ1v) is 5.17. The Labute approximate surface area is 81.2 Å². The van der Waals surface area contributed by atoms with E-state index in [-0.39, 0.29) is 0 Å². The monoisotopic (exact) mass is 249 g/mol. The van der Waals surface area contributed by atoms with Crippen molar-refractivity contribution in [1.29, 1.82) is 0 Å². The number of nitrogens with zero attached hydrogens (tertiary/aromatic N) is 1. The summed E-state index contributed by atoms with van der Waals surface area (Å²) < 4.78 is 23.2. The van der Waals surface area contributed by atoms with E-state index in [0.717, 1.165) is 4.47 Å². The van der Waals surface area contributed by atoms with Crippen LogP contribution in [0.4, 0.5) is 5.69 Å². The lowest BCUT2D eigenvalue weighted by atomic mass is 10.3. The molecule has 0 aliphatic heterocycles. The Hall–Kier alpha value is -0.550. The van der Waals surface area contributed by atoms with Gasteiger partial charge in [-0.25, -0.2) is 8.42 Å². The number of rotatable bonds is 2. The summed E-state index contributed by atoms with van der Waals surface area (Å²) in [6.07, 6.45) is 0. The molecule has 0 N–H and O–H groups in total. The molecule has 0 aliphatic rings. The second-order valence-corrected chi connectivity index (χ2v) is 4.23. The van der Waals surface area contributed by atoms with Crippen LogP contribution in [0.15, 0.2) is 28.7 Å². The van der Waals surface area contributed by atoms with Crippen molar-refractivity contribution >= 4 is 32.5 Å². The first-order chi connectivity index (χ1) is 5.61. The zero-order valence-electron chi connectivity index (χ0n) is 6.40. The average Bonchev–Trinajstić information content (AvgIpc) is 2.04. The van der Waals surface area contributed by atoms with Gasteiger partial charge in [-0.3, -0.25) is 4.31 Å². The molecule has 0 saturated carbocycles. The first kappa shape index (κ1) is 9.54. The smallest absolute Gasteiger partial charge is 0.224 e. The molecule has 5 heteroatoms. The van der Waals surface area contributed by atoms with Crippen LogP contribution >= 0.6 is 15.9 Å². The van der Waals surface area contributed by atoms with E-state index in [4.69, 9.17) is 0 Å². The van der Waals surface area contributed by atoms with Gasteiger partial charge in [0.25, 0.3) is 0 Å². The molecule has 0 amide bonds. The van der Waals surface area contributed by atoms with E-state index in [0.29, 0.717) is 5.69 Å². The molecule has 3 nitrogen and oxygen atoms in total. The number of thiol groups is 1. The molecule has 0 unspecified atom stereocenters. The van der Waals surface area contributed by atoms with Gasteiger partial charge in [-0.05, 0) is 24.3 Å². The summed E-state index contributed by atoms with van der Waals surface area (Å²) in [7, 11) is -1.02. The topological polar surface area (TPSA) is 37.4 Å². The molecule has 0 saturated heterocycles. The summed E-state index contributed by atoms with van der Waals surface area (Å²) in [4.78, 5) is 0. The van der Waals surface area contributed by atoms with Crippen LogP contribution in [0.2, 0.25) is 0 Å². The first-order valence-electron chi connectivity index (χ1n) is 3.25. The lowest BCUT2D eigenvalue weighted by Crippen LogP contribution is -2.13. The molecule has 0 fully saturated rings. The molecule has 1 rings (SSSR count). The molecule has 0 heterocycles. The van der Waals surface area contributed by atoms with E-state index in [1.54, 1.807) is 24.3 Å². The van der Waals surface area contributed by atoms with Crippen LogP contribution < -0.4 is 4.31 Å². The third-order valence-electron chi connectivity index (χ3n) is 1.45. The van der Waals surface area contributed by atoms with Gasteiger partial charge in [-0.15, -0.1) is 0 Å². The van der Waals surface area contributed by atoms with E-state index in [2.05, 4.69) is 15.9 Å². The predicted octanol–water partition coefficient (Wildman–Crippen LogP) is 1.41. The van der Waals surface area contributed by atoms with Gasteiger partial charge in [0, 0.05) is 11.5 Å². The predicted molar refractivity (Wildman–Crippen MR) is 52.9 cm³/mol. The fourth-order valence-electron chi connectivity index (χ4n) is 0.751. The van der Waals surface area contributed by atoms with Crippen LogP contribution in [0, 0.1) is 0 Å². The SMILES string of the molecule is CN(c1ccc(Br)cc1)[SH](=O)=O. The van der Waals surface area contributed by atoms with E-state index in [1.807, 2.05) is 0 Å². The van der Waals surface area contributed by atoms with Gasteiger partial charge in [0.05, 0.1) is 5.69 Å². The third-order valence-corrected chi connectivity index (χ3v) is 2.69. The highest BCUT2D eigenvalue weighted by Crippen LogP contribution is 2.16. The van der Waals surface area contributed by atoms with Crippen LogP contribution in [-0.2, 0) is 10.9 Å². The van der Waals surface area contributed by atoms with Gasteiger partial charge in [0.15, 0.2) is 0 Å². The molecule has 0 radical (unpaired) electrons. The largest absolute Gasteiger partial charge is 0.275 e. The lowest BCUT2D eigenvalue weighted by molar-refractivity contribution is 0.613. The molecule has 0 aliphatic carbocycles. The Morgan fingerprint density at radius 2 is 1.75 bits per heavy atom. The minimum atomic E-state index is -2.53. The van der Waals surface area contributed by atoms with Gasteiger partial charge < -0.3 is 0 Å². The summed E-state index contributed by atoms with van der Waals surface area (Å²) in [5, 5.41) is 0. The van der Waals surface area contributed by atoms with Crippen molar-refractivity contribution in [3.05, 3.63) is 28.7 Å². The summed E-state index contributed by atoms with van der Waals surface area (Å²) in [6, 6.07) is 7.06. The van der Waals surface area contributed by atoms with Crippen LogP contribution in [0.3, 0.4) is 0 Å². The van der Waals surface area contributed by atoms with Crippen LogP contribution in [0.5, 0.6) is 0 Å². The Morgan fingerprint density at radius 1 is 1.25 bits per heavy atom. The summed E-state index contributed by atoms with van der Waals surface area (Å²) in [6.45, 7) is 0. The molecule has 0 aromatic heterocycles. The maximum atomic E-state index is 10.5. The standard InChI is InChI=1S/C7H8BrNO2S/c1-9(12(10)11)7-4-2-6(8)3-5-7/h2-5,12H,1H3. The fourth-order valence-corrected chi connectivity index (χ4v) is 1.34. The van der Waals surface area contributed by atoms with Crippen LogP contribution in [0.25, 0.3) is 0 Å². The van der Waals surface area contributed by atoms with Crippen LogP contribution in [0.1, 0.15) is 0 Å². The van der Waals surface area contributed by atoms with Crippen LogP contribution in [-0.4, -0.2) is 15.5 Å². The van der Waals surface area contributed by atoms with Gasteiger partial charge in [0.2, 0.25) is 10.9 Å². The normalized spacial score (nSPS) is 10.2. The molecule has 66 valence electrons. The van der Waals surface area contributed by atoms with Crippen molar-refractivity contribution in [2.75, 3.05) is 11.4 Å². The fraction of sp³-hybridized carbons (Fsp3) is 0.143. The highest BCUT2D eigenvalue weighted by atomic mass is 79.9. The van der Waals surface area contributed by atoms with E-state index < -0.39 is 10.9 Å². The Bertz CT molecular complexity index is 326. The Kier molecular flexibility index (Phi) is 3.11. The second kappa shape index (κ2) is 3.91. The summed E-state index contributed by atoms with van der Waals surface area (Å²) in [5.74, 6) is 0. The van der Waals surface area contributed by atoms with Crippen molar-refractivity contribution in [3.63, 3.8) is 0 Å². The highest BCUT2D eigenvalue weighted by Gasteiger charge is 1.99. The molecular formula is C7H8BrNO2S. The second-order valence-electron chi connectivity index (χ2n) is 2.24. The number of hydrogen-bond acceptors (Lipinski definition) is 2. The lowest BCUT2D eigenvalue weighted by Gasteiger charge is -2.09. The van der Waals surface area contributed by atoms with Crippen molar-refractivity contribution in [2.24, 2.45) is 0 Å². The van der Waals surface area contributed by atoms with Gasteiger partial charge >= 0.3 is 0 Å².